The van der Waals surface area contributed by atoms with E-state index in [0.29, 0.717) is 28.1 Å². The molecule has 1 aliphatic heterocycles. The first-order valence-electron chi connectivity index (χ1n) is 10.5. The lowest BCUT2D eigenvalue weighted by Crippen LogP contribution is -2.29. The number of ether oxygens (including phenoxy) is 1. The van der Waals surface area contributed by atoms with Crippen molar-refractivity contribution in [1.82, 2.24) is 0 Å². The summed E-state index contributed by atoms with van der Waals surface area (Å²) in [6.45, 7) is -0.156. The summed E-state index contributed by atoms with van der Waals surface area (Å²) >= 11 is 0. The number of Topliss-reactive ketones (excluding diaryl/α,β-unsaturated/α-hetero) is 1. The monoisotopic (exact) mass is 433 g/mol. The van der Waals surface area contributed by atoms with Gasteiger partial charge < -0.3 is 4.74 Å². The molecule has 0 N–H and O–H groups in total. The summed E-state index contributed by atoms with van der Waals surface area (Å²) in [5, 5.41) is 0. The summed E-state index contributed by atoms with van der Waals surface area (Å²) in [4.78, 5) is 39.2. The van der Waals surface area contributed by atoms with Crippen LogP contribution in [-0.2, 0) is 0 Å². The summed E-state index contributed by atoms with van der Waals surface area (Å²) in [7, 11) is 0. The van der Waals surface area contributed by atoms with Crippen LogP contribution in [-0.4, -0.2) is 24.2 Å². The summed E-state index contributed by atoms with van der Waals surface area (Å²) in [6.07, 6.45) is 0. The minimum atomic E-state index is -0.373. The van der Waals surface area contributed by atoms with Gasteiger partial charge in [-0.15, -0.1) is 0 Å². The fraction of sp³-hybridized carbons (Fsp3) is 0.0357. The Morgan fingerprint density at radius 3 is 1.94 bits per heavy atom. The Morgan fingerprint density at radius 1 is 0.667 bits per heavy atom. The maximum absolute atomic E-state index is 12.7. The normalized spacial score (nSPS) is 12.5. The van der Waals surface area contributed by atoms with E-state index in [1.807, 2.05) is 42.5 Å². The minimum absolute atomic E-state index is 0.156. The van der Waals surface area contributed by atoms with Gasteiger partial charge in [-0.25, -0.2) is 4.90 Å². The first-order valence-corrected chi connectivity index (χ1v) is 10.5. The number of amides is 2. The Bertz CT molecular complexity index is 1330. The van der Waals surface area contributed by atoms with Crippen LogP contribution >= 0.6 is 0 Å². The Hall–Kier alpha value is -4.51. The Balaban J connectivity index is 1.28. The average molecular weight is 433 g/mol. The van der Waals surface area contributed by atoms with Crippen molar-refractivity contribution in [2.24, 2.45) is 0 Å². The predicted molar refractivity (Wildman–Crippen MR) is 126 cm³/mol. The number of imide groups is 1. The van der Waals surface area contributed by atoms with Crippen molar-refractivity contribution in [1.29, 1.82) is 0 Å². The van der Waals surface area contributed by atoms with Crippen LogP contribution in [0.1, 0.15) is 31.1 Å². The molecule has 33 heavy (non-hydrogen) atoms. The summed E-state index contributed by atoms with van der Waals surface area (Å²) < 4.78 is 5.69. The van der Waals surface area contributed by atoms with E-state index in [1.54, 1.807) is 60.7 Å². The molecule has 4 aromatic rings. The molecule has 160 valence electrons. The zero-order valence-corrected chi connectivity index (χ0v) is 17.6. The van der Waals surface area contributed by atoms with Gasteiger partial charge in [0, 0.05) is 11.6 Å². The highest BCUT2D eigenvalue weighted by Gasteiger charge is 2.36. The predicted octanol–water partition coefficient (Wildman–Crippen LogP) is 5.42. The number of fused-ring (bicyclic) bond motifs is 1. The third-order valence-electron chi connectivity index (χ3n) is 5.55. The van der Waals surface area contributed by atoms with Gasteiger partial charge in [0.1, 0.15) is 5.75 Å². The highest BCUT2D eigenvalue weighted by atomic mass is 16.5. The van der Waals surface area contributed by atoms with Crippen LogP contribution in [0.2, 0.25) is 0 Å². The van der Waals surface area contributed by atoms with Crippen molar-refractivity contribution in [2.75, 3.05) is 11.5 Å². The molecule has 0 unspecified atom stereocenters. The molecular formula is C28H19NO4. The number of rotatable bonds is 6. The quantitative estimate of drug-likeness (QED) is 0.301. The van der Waals surface area contributed by atoms with E-state index < -0.39 is 0 Å². The molecule has 0 aliphatic carbocycles. The van der Waals surface area contributed by atoms with Gasteiger partial charge in [0.25, 0.3) is 11.8 Å². The molecule has 0 saturated heterocycles. The topological polar surface area (TPSA) is 63.7 Å². The van der Waals surface area contributed by atoms with Crippen LogP contribution < -0.4 is 9.64 Å². The van der Waals surface area contributed by atoms with E-state index in [0.717, 1.165) is 16.0 Å². The molecule has 0 saturated carbocycles. The molecule has 0 bridgehead atoms. The highest BCUT2D eigenvalue weighted by molar-refractivity contribution is 6.34. The molecule has 5 nitrogen and oxygen atoms in total. The standard InChI is InChI=1S/C28H19NO4/c30-26(21-15-13-20(14-16-21)19-7-2-1-3-8-19)18-33-23-10-6-9-22(17-23)29-27(31)24-11-4-5-12-25(24)28(29)32/h1-17H,18H2. The third kappa shape index (κ3) is 3.92. The molecule has 2 amide bonds. The molecule has 5 heteroatoms. The zero-order chi connectivity index (χ0) is 22.8. The van der Waals surface area contributed by atoms with Gasteiger partial charge in [-0.1, -0.05) is 72.8 Å². The molecule has 5 rings (SSSR count). The number of ketones is 1. The van der Waals surface area contributed by atoms with Crippen molar-refractivity contribution in [3.63, 3.8) is 0 Å². The van der Waals surface area contributed by atoms with Gasteiger partial charge in [0.2, 0.25) is 0 Å². The summed E-state index contributed by atoms with van der Waals surface area (Å²) in [5.41, 5.74) is 3.81. The lowest BCUT2D eigenvalue weighted by Gasteiger charge is -2.15. The number of hydrogen-bond acceptors (Lipinski definition) is 4. The first kappa shape index (κ1) is 20.4. The maximum Gasteiger partial charge on any atom is 0.266 e. The molecule has 0 spiro atoms. The van der Waals surface area contributed by atoms with Crippen molar-refractivity contribution in [3.8, 4) is 16.9 Å². The van der Waals surface area contributed by atoms with E-state index >= 15 is 0 Å². The second-order valence-corrected chi connectivity index (χ2v) is 7.64. The molecule has 4 aromatic carbocycles. The lowest BCUT2D eigenvalue weighted by molar-refractivity contribution is 0.0910. The van der Waals surface area contributed by atoms with E-state index in [9.17, 15) is 14.4 Å². The number of anilines is 1. The molecule has 0 fully saturated rings. The number of nitrogens with zero attached hydrogens (tertiary/aromatic N) is 1. The van der Waals surface area contributed by atoms with Crippen LogP contribution in [0.3, 0.4) is 0 Å². The van der Waals surface area contributed by atoms with E-state index in [4.69, 9.17) is 4.74 Å². The van der Waals surface area contributed by atoms with Crippen LogP contribution in [0.15, 0.2) is 103 Å². The van der Waals surface area contributed by atoms with Crippen LogP contribution in [0.5, 0.6) is 5.75 Å². The maximum atomic E-state index is 12.7. The molecule has 1 aliphatic rings. The molecule has 0 radical (unpaired) electrons. The van der Waals surface area contributed by atoms with Gasteiger partial charge in [0.15, 0.2) is 12.4 Å². The van der Waals surface area contributed by atoms with Crippen molar-refractivity contribution in [2.45, 2.75) is 0 Å². The van der Waals surface area contributed by atoms with E-state index in [2.05, 4.69) is 0 Å². The lowest BCUT2D eigenvalue weighted by atomic mass is 10.0. The number of carbonyl (C=O) groups excluding carboxylic acids is 3. The Labute approximate surface area is 190 Å². The van der Waals surface area contributed by atoms with Gasteiger partial charge in [-0.2, -0.15) is 0 Å². The summed E-state index contributed by atoms with van der Waals surface area (Å²) in [6, 6.07) is 30.7. The largest absolute Gasteiger partial charge is 0.485 e. The zero-order valence-electron chi connectivity index (χ0n) is 17.6. The van der Waals surface area contributed by atoms with Crippen LogP contribution in [0.25, 0.3) is 11.1 Å². The van der Waals surface area contributed by atoms with Gasteiger partial charge in [0.05, 0.1) is 16.8 Å². The number of hydrogen-bond donors (Lipinski definition) is 0. The third-order valence-corrected chi connectivity index (χ3v) is 5.55. The van der Waals surface area contributed by atoms with Crippen molar-refractivity contribution >= 4 is 23.3 Å². The molecular weight excluding hydrogens is 414 g/mol. The fourth-order valence-corrected chi connectivity index (χ4v) is 3.85. The van der Waals surface area contributed by atoms with E-state index in [1.165, 1.54) is 0 Å². The molecule has 1 heterocycles. The van der Waals surface area contributed by atoms with Crippen molar-refractivity contribution in [3.05, 3.63) is 120 Å². The van der Waals surface area contributed by atoms with E-state index in [-0.39, 0.29) is 24.2 Å². The Kier molecular flexibility index (Phi) is 5.29. The SMILES string of the molecule is O=C(COc1cccc(N2C(=O)c3ccccc3C2=O)c1)c1ccc(-c2ccccc2)cc1. The van der Waals surface area contributed by atoms with Crippen LogP contribution in [0, 0.1) is 0 Å². The van der Waals surface area contributed by atoms with Crippen LogP contribution in [0.4, 0.5) is 5.69 Å². The van der Waals surface area contributed by atoms with Crippen molar-refractivity contribution < 1.29 is 19.1 Å². The number of benzene rings is 4. The van der Waals surface area contributed by atoms with Gasteiger partial charge in [-0.05, 0) is 35.4 Å². The smallest absolute Gasteiger partial charge is 0.266 e. The minimum Gasteiger partial charge on any atom is -0.485 e. The fourth-order valence-electron chi connectivity index (χ4n) is 3.85. The molecule has 0 aromatic heterocycles. The molecule has 0 atom stereocenters. The second-order valence-electron chi connectivity index (χ2n) is 7.64. The highest BCUT2D eigenvalue weighted by Crippen LogP contribution is 2.30. The Morgan fingerprint density at radius 2 is 1.27 bits per heavy atom. The van der Waals surface area contributed by atoms with Gasteiger partial charge >= 0.3 is 0 Å². The van der Waals surface area contributed by atoms with Gasteiger partial charge in [-0.3, -0.25) is 14.4 Å². The first-order chi connectivity index (χ1) is 16.1. The number of carbonyl (C=O) groups is 3. The summed E-state index contributed by atoms with van der Waals surface area (Å²) in [5.74, 6) is -0.510. The average Bonchev–Trinajstić information content (AvgIpc) is 3.13. The second kappa shape index (κ2) is 8.55.